The van der Waals surface area contributed by atoms with Gasteiger partial charge in [-0.15, -0.1) is 10.2 Å². The highest BCUT2D eigenvalue weighted by atomic mass is 32.2. The molecule has 2 heterocycles. The van der Waals surface area contributed by atoms with E-state index in [1.807, 2.05) is 47.9 Å². The van der Waals surface area contributed by atoms with Crippen LogP contribution in [-0.4, -0.2) is 59.3 Å². The van der Waals surface area contributed by atoms with Gasteiger partial charge in [0, 0.05) is 25.8 Å². The summed E-state index contributed by atoms with van der Waals surface area (Å²) in [5.41, 5.74) is 1.44. The normalized spacial score (nSPS) is 15.0. The highest BCUT2D eigenvalue weighted by Crippen LogP contribution is 2.31. The van der Waals surface area contributed by atoms with Gasteiger partial charge in [-0.3, -0.25) is 9.36 Å². The minimum atomic E-state index is -0.417. The second kappa shape index (κ2) is 9.49. The third-order valence-electron chi connectivity index (χ3n) is 5.08. The van der Waals surface area contributed by atoms with Crippen LogP contribution in [0, 0.1) is 5.82 Å². The monoisotopic (exact) mass is 441 g/mol. The van der Waals surface area contributed by atoms with Crippen LogP contribution in [0.3, 0.4) is 0 Å². The molecule has 1 atom stereocenters. The van der Waals surface area contributed by atoms with E-state index < -0.39 is 5.25 Å². The molecule has 0 bridgehead atoms. The van der Waals surface area contributed by atoms with Crippen molar-refractivity contribution in [1.82, 2.24) is 14.8 Å². The Balaban J connectivity index is 1.63. The molecule has 1 aliphatic rings. The number of para-hydroxylation sites is 1. The molecular formula is C22H24FN5O2S. The van der Waals surface area contributed by atoms with Crippen LogP contribution >= 0.6 is 11.8 Å². The van der Waals surface area contributed by atoms with Crippen LogP contribution < -0.4 is 9.80 Å². The molecule has 1 aliphatic heterocycles. The van der Waals surface area contributed by atoms with Crippen molar-refractivity contribution in [3.63, 3.8) is 0 Å². The van der Waals surface area contributed by atoms with Gasteiger partial charge in [-0.25, -0.2) is 4.39 Å². The van der Waals surface area contributed by atoms with E-state index in [-0.39, 0.29) is 11.7 Å². The Bertz CT molecular complexity index is 1040. The maximum Gasteiger partial charge on any atom is 0.240 e. The molecule has 2 aromatic carbocycles. The van der Waals surface area contributed by atoms with Crippen LogP contribution in [0.15, 0.2) is 59.8 Å². The SMILES string of the molecule is CC(Sc1nnc(N2CCOCC2)n1-c1cccc(F)c1)C(=O)N(C)c1ccccc1. The van der Waals surface area contributed by atoms with Gasteiger partial charge in [-0.2, -0.15) is 0 Å². The number of nitrogens with zero attached hydrogens (tertiary/aromatic N) is 5. The average molecular weight is 442 g/mol. The van der Waals surface area contributed by atoms with Crippen molar-refractivity contribution in [3.05, 3.63) is 60.4 Å². The molecule has 0 saturated carbocycles. The van der Waals surface area contributed by atoms with Crippen molar-refractivity contribution in [1.29, 1.82) is 0 Å². The zero-order valence-corrected chi connectivity index (χ0v) is 18.3. The van der Waals surface area contributed by atoms with Crippen molar-refractivity contribution >= 4 is 29.3 Å². The molecule has 1 unspecified atom stereocenters. The van der Waals surface area contributed by atoms with Gasteiger partial charge >= 0.3 is 0 Å². The summed E-state index contributed by atoms with van der Waals surface area (Å²) >= 11 is 1.30. The van der Waals surface area contributed by atoms with Crippen molar-refractivity contribution < 1.29 is 13.9 Å². The van der Waals surface area contributed by atoms with E-state index in [4.69, 9.17) is 4.74 Å². The van der Waals surface area contributed by atoms with Crippen molar-refractivity contribution in [3.8, 4) is 5.69 Å². The van der Waals surface area contributed by atoms with E-state index >= 15 is 0 Å². The summed E-state index contributed by atoms with van der Waals surface area (Å²) in [5, 5.41) is 8.85. The summed E-state index contributed by atoms with van der Waals surface area (Å²) in [6.07, 6.45) is 0. The third-order valence-corrected chi connectivity index (χ3v) is 6.11. The van der Waals surface area contributed by atoms with E-state index in [1.54, 1.807) is 18.0 Å². The first kappa shape index (κ1) is 21.3. The van der Waals surface area contributed by atoms with E-state index in [1.165, 1.54) is 23.9 Å². The number of hydrogen-bond donors (Lipinski definition) is 0. The number of carbonyl (C=O) groups excluding carboxylic acids is 1. The number of thioether (sulfide) groups is 1. The maximum atomic E-state index is 14.0. The summed E-state index contributed by atoms with van der Waals surface area (Å²) in [6.45, 7) is 4.36. The smallest absolute Gasteiger partial charge is 0.240 e. The maximum absolute atomic E-state index is 14.0. The number of amides is 1. The molecule has 7 nitrogen and oxygen atoms in total. The fourth-order valence-corrected chi connectivity index (χ4v) is 4.36. The fraction of sp³-hybridized carbons (Fsp3) is 0.318. The quantitative estimate of drug-likeness (QED) is 0.547. The number of halogens is 1. The van der Waals surface area contributed by atoms with Crippen LogP contribution in [0.5, 0.6) is 0 Å². The Labute approximate surface area is 184 Å². The van der Waals surface area contributed by atoms with Crippen molar-refractivity contribution in [2.75, 3.05) is 43.2 Å². The molecule has 9 heteroatoms. The minimum absolute atomic E-state index is 0.0575. The average Bonchev–Trinajstić information content (AvgIpc) is 3.22. The van der Waals surface area contributed by atoms with Crippen molar-refractivity contribution in [2.24, 2.45) is 0 Å². The zero-order chi connectivity index (χ0) is 21.8. The molecule has 3 aromatic rings. The van der Waals surface area contributed by atoms with Gasteiger partial charge in [-0.1, -0.05) is 36.0 Å². The van der Waals surface area contributed by atoms with E-state index in [2.05, 4.69) is 15.1 Å². The molecule has 1 fully saturated rings. The molecule has 1 aromatic heterocycles. The molecule has 162 valence electrons. The predicted octanol–water partition coefficient (Wildman–Crippen LogP) is 3.39. The topological polar surface area (TPSA) is 63.5 Å². The zero-order valence-electron chi connectivity index (χ0n) is 17.4. The first-order chi connectivity index (χ1) is 15.0. The third kappa shape index (κ3) is 4.72. The highest BCUT2D eigenvalue weighted by molar-refractivity contribution is 8.00. The summed E-state index contributed by atoms with van der Waals surface area (Å²) < 4.78 is 21.2. The van der Waals surface area contributed by atoms with Crippen LogP contribution in [0.25, 0.3) is 5.69 Å². The Morgan fingerprint density at radius 1 is 1.13 bits per heavy atom. The van der Waals surface area contributed by atoms with Gasteiger partial charge in [-0.05, 0) is 37.3 Å². The Morgan fingerprint density at radius 2 is 1.87 bits per heavy atom. The molecule has 0 radical (unpaired) electrons. The highest BCUT2D eigenvalue weighted by Gasteiger charge is 2.26. The summed E-state index contributed by atoms with van der Waals surface area (Å²) in [6, 6.07) is 15.8. The first-order valence-electron chi connectivity index (χ1n) is 10.1. The Hall–Kier alpha value is -2.91. The largest absolute Gasteiger partial charge is 0.378 e. The second-order valence-corrected chi connectivity index (χ2v) is 8.50. The number of hydrogen-bond acceptors (Lipinski definition) is 6. The van der Waals surface area contributed by atoms with Gasteiger partial charge in [0.25, 0.3) is 0 Å². The number of carbonyl (C=O) groups is 1. The molecule has 4 rings (SSSR count). The lowest BCUT2D eigenvalue weighted by atomic mass is 10.3. The summed E-state index contributed by atoms with van der Waals surface area (Å²) in [7, 11) is 1.76. The lowest BCUT2D eigenvalue weighted by Gasteiger charge is -2.28. The molecule has 0 aliphatic carbocycles. The first-order valence-corrected chi connectivity index (χ1v) is 11.0. The Kier molecular flexibility index (Phi) is 6.53. The molecule has 1 amide bonds. The molecule has 1 saturated heterocycles. The second-order valence-electron chi connectivity index (χ2n) is 7.19. The van der Waals surface area contributed by atoms with Gasteiger partial charge in [0.2, 0.25) is 11.9 Å². The van der Waals surface area contributed by atoms with Gasteiger partial charge in [0.05, 0.1) is 24.2 Å². The molecule has 31 heavy (non-hydrogen) atoms. The number of ether oxygens (including phenoxy) is 1. The number of morpholine rings is 1. The number of anilines is 2. The predicted molar refractivity (Wildman–Crippen MR) is 120 cm³/mol. The molecule has 0 N–H and O–H groups in total. The standard InChI is InChI=1S/C22H24FN5O2S/c1-16(20(29)26(2)18-8-4-3-5-9-18)31-22-25-24-21(27-11-13-30-14-12-27)28(22)19-10-6-7-17(23)15-19/h3-10,15-16H,11-14H2,1-2H3. The van der Waals surface area contributed by atoms with Gasteiger partial charge < -0.3 is 14.5 Å². The molecule has 0 spiro atoms. The summed E-state index contributed by atoms with van der Waals surface area (Å²) in [4.78, 5) is 16.7. The lowest BCUT2D eigenvalue weighted by Crippen LogP contribution is -2.38. The Morgan fingerprint density at radius 3 is 2.58 bits per heavy atom. The fourth-order valence-electron chi connectivity index (χ4n) is 3.41. The van der Waals surface area contributed by atoms with Crippen molar-refractivity contribution in [2.45, 2.75) is 17.3 Å². The van der Waals surface area contributed by atoms with E-state index in [0.29, 0.717) is 43.1 Å². The minimum Gasteiger partial charge on any atom is -0.378 e. The molecular weight excluding hydrogens is 417 g/mol. The number of aromatic nitrogens is 3. The van der Waals surface area contributed by atoms with Crippen LogP contribution in [0.4, 0.5) is 16.0 Å². The van der Waals surface area contributed by atoms with E-state index in [9.17, 15) is 9.18 Å². The van der Waals surface area contributed by atoms with Crippen LogP contribution in [-0.2, 0) is 9.53 Å². The van der Waals surface area contributed by atoms with E-state index in [0.717, 1.165) is 5.69 Å². The van der Waals surface area contributed by atoms with Gasteiger partial charge in [0.15, 0.2) is 5.16 Å². The van der Waals surface area contributed by atoms with Crippen LogP contribution in [0.2, 0.25) is 0 Å². The lowest BCUT2D eigenvalue weighted by molar-refractivity contribution is -0.117. The number of benzene rings is 2. The van der Waals surface area contributed by atoms with Gasteiger partial charge in [0.1, 0.15) is 5.82 Å². The van der Waals surface area contributed by atoms with Crippen LogP contribution in [0.1, 0.15) is 6.92 Å². The summed E-state index contributed by atoms with van der Waals surface area (Å²) in [5.74, 6) is 0.216. The number of rotatable bonds is 6.